The van der Waals surface area contributed by atoms with E-state index in [9.17, 15) is 9.59 Å². The van der Waals surface area contributed by atoms with Crippen molar-refractivity contribution in [2.75, 3.05) is 0 Å². The van der Waals surface area contributed by atoms with Crippen molar-refractivity contribution in [1.29, 1.82) is 0 Å². The van der Waals surface area contributed by atoms with Crippen LogP contribution in [0, 0.1) is 52.3 Å². The van der Waals surface area contributed by atoms with Gasteiger partial charge in [0.1, 0.15) is 6.10 Å². The molecule has 0 N–H and O–H groups in total. The SMILES string of the molecule is CC(=O)C(=[N+]=[N-])C(=O)O[C@H]1CC[C@@]2(C)[C@@H](CC[C@@H]3[C@@H]2CC[C@]2(C)[C@@H]([C@H](C)CCCC(C)C)CC[C@@H]32)C1. The summed E-state index contributed by atoms with van der Waals surface area (Å²) in [5.74, 6) is 4.28. The molecule has 9 atom stereocenters. The van der Waals surface area contributed by atoms with Crippen molar-refractivity contribution in [3.8, 4) is 0 Å². The topological polar surface area (TPSA) is 79.8 Å². The molecule has 4 aliphatic rings. The standard InChI is InChI=1S/C31H50N2O3/c1-19(2)8-7-9-20(3)25-12-13-26-24-11-10-22-18-23(36-29(35)28(33-32)21(4)34)14-16-30(22,5)27(24)15-17-31(25,26)6/h19-20,22-27H,7-18H2,1-6H3/t20-,22+,23+,24+,25-,26+,27+,30+,31-/m1/s1. The third-order valence-corrected chi connectivity index (χ3v) is 11.7. The van der Waals surface area contributed by atoms with E-state index in [-0.39, 0.29) is 6.10 Å². The van der Waals surface area contributed by atoms with Crippen LogP contribution >= 0.6 is 0 Å². The third-order valence-electron chi connectivity index (χ3n) is 11.7. The van der Waals surface area contributed by atoms with E-state index in [1.165, 1.54) is 64.7 Å². The second-order valence-electron chi connectivity index (χ2n) is 14.0. The largest absolute Gasteiger partial charge is 0.453 e. The average Bonchev–Trinajstić information content (AvgIpc) is 3.16. The Morgan fingerprint density at radius 1 is 0.944 bits per heavy atom. The second kappa shape index (κ2) is 10.7. The maximum atomic E-state index is 12.4. The van der Waals surface area contributed by atoms with Crippen LogP contribution < -0.4 is 0 Å². The number of nitrogens with zero attached hydrogens (tertiary/aromatic N) is 2. The van der Waals surface area contributed by atoms with Gasteiger partial charge in [0.05, 0.1) is 0 Å². The average molecular weight is 499 g/mol. The summed E-state index contributed by atoms with van der Waals surface area (Å²) in [5.41, 5.74) is 9.38. The first kappa shape index (κ1) is 27.6. The Labute approximate surface area is 219 Å². The molecule has 4 saturated carbocycles. The van der Waals surface area contributed by atoms with E-state index < -0.39 is 17.5 Å². The van der Waals surface area contributed by atoms with Crippen LogP contribution in [0.1, 0.15) is 119 Å². The zero-order valence-electron chi connectivity index (χ0n) is 23.7. The zero-order chi connectivity index (χ0) is 26.3. The maximum absolute atomic E-state index is 12.4. The molecule has 0 bridgehead atoms. The first-order valence-corrected chi connectivity index (χ1v) is 14.9. The first-order valence-electron chi connectivity index (χ1n) is 14.9. The lowest BCUT2D eigenvalue weighted by atomic mass is 9.44. The molecule has 0 aromatic heterocycles. The van der Waals surface area contributed by atoms with Crippen LogP contribution in [0.2, 0.25) is 0 Å². The Balaban J connectivity index is 1.40. The van der Waals surface area contributed by atoms with Gasteiger partial charge < -0.3 is 10.3 Å². The molecule has 0 aliphatic heterocycles. The number of hydrogen-bond donors (Lipinski definition) is 0. The molecule has 202 valence electrons. The van der Waals surface area contributed by atoms with Gasteiger partial charge in [0.25, 0.3) is 0 Å². The van der Waals surface area contributed by atoms with Crippen molar-refractivity contribution < 1.29 is 19.1 Å². The summed E-state index contributed by atoms with van der Waals surface area (Å²) in [5, 5.41) is 0. The highest BCUT2D eigenvalue weighted by atomic mass is 16.5. The fraction of sp³-hybridized carbons (Fsp3) is 0.903. The van der Waals surface area contributed by atoms with Crippen LogP contribution in [-0.4, -0.2) is 28.4 Å². The number of Topliss-reactive ketones (excluding diaryl/α,β-unsaturated/α-hetero) is 1. The van der Waals surface area contributed by atoms with Gasteiger partial charge in [0, 0.05) is 6.92 Å². The number of carbonyl (C=O) groups excluding carboxylic acids is 2. The number of ketones is 1. The minimum Gasteiger partial charge on any atom is -0.453 e. The van der Waals surface area contributed by atoms with Crippen LogP contribution in [0.15, 0.2) is 0 Å². The van der Waals surface area contributed by atoms with Crippen LogP contribution in [0.4, 0.5) is 0 Å². The molecule has 0 spiro atoms. The second-order valence-corrected chi connectivity index (χ2v) is 14.0. The Bertz CT molecular complexity index is 892. The molecule has 0 aromatic rings. The fourth-order valence-corrected chi connectivity index (χ4v) is 9.81. The van der Waals surface area contributed by atoms with Crippen molar-refractivity contribution in [2.45, 2.75) is 125 Å². The number of rotatable bonds is 8. The monoisotopic (exact) mass is 498 g/mol. The van der Waals surface area contributed by atoms with E-state index in [1.54, 1.807) is 0 Å². The van der Waals surface area contributed by atoms with Crippen LogP contribution in [0.3, 0.4) is 0 Å². The van der Waals surface area contributed by atoms with Gasteiger partial charge in [0.15, 0.2) is 0 Å². The van der Waals surface area contributed by atoms with Gasteiger partial charge in [-0.25, -0.2) is 4.79 Å². The predicted octanol–water partition coefficient (Wildman–Crippen LogP) is 7.28. The number of hydrogen-bond acceptors (Lipinski definition) is 3. The molecule has 0 radical (unpaired) electrons. The van der Waals surface area contributed by atoms with Gasteiger partial charge in [-0.2, -0.15) is 4.79 Å². The zero-order valence-corrected chi connectivity index (χ0v) is 23.7. The summed E-state index contributed by atoms with van der Waals surface area (Å²) in [4.78, 5) is 26.8. The van der Waals surface area contributed by atoms with Crippen LogP contribution in [0.25, 0.3) is 5.53 Å². The normalized spacial score (nSPS) is 40.4. The first-order chi connectivity index (χ1) is 17.0. The molecule has 0 heterocycles. The quantitative estimate of drug-likeness (QED) is 0.116. The van der Waals surface area contributed by atoms with Crippen molar-refractivity contribution in [3.63, 3.8) is 0 Å². The predicted molar refractivity (Wildman–Crippen MR) is 142 cm³/mol. The van der Waals surface area contributed by atoms with Gasteiger partial charge in [0.2, 0.25) is 5.78 Å². The molecule has 4 rings (SSSR count). The van der Waals surface area contributed by atoms with Crippen LogP contribution in [-0.2, 0) is 14.3 Å². The lowest BCUT2D eigenvalue weighted by Crippen LogP contribution is -2.54. The van der Waals surface area contributed by atoms with Gasteiger partial charge in [-0.3, -0.25) is 4.79 Å². The highest BCUT2D eigenvalue weighted by molar-refractivity contribution is 6.61. The van der Waals surface area contributed by atoms with Crippen LogP contribution in [0.5, 0.6) is 0 Å². The lowest BCUT2D eigenvalue weighted by Gasteiger charge is -2.61. The Morgan fingerprint density at radius 3 is 2.31 bits per heavy atom. The van der Waals surface area contributed by atoms with Gasteiger partial charge in [-0.1, -0.05) is 53.9 Å². The van der Waals surface area contributed by atoms with E-state index in [0.717, 1.165) is 54.8 Å². The van der Waals surface area contributed by atoms with E-state index in [0.29, 0.717) is 16.7 Å². The van der Waals surface area contributed by atoms with E-state index in [1.807, 2.05) is 0 Å². The minimum atomic E-state index is -0.778. The van der Waals surface area contributed by atoms with Crippen molar-refractivity contribution >= 4 is 17.5 Å². The molecule has 0 amide bonds. The Kier molecular flexibility index (Phi) is 8.20. The highest BCUT2D eigenvalue weighted by Crippen LogP contribution is 2.68. The van der Waals surface area contributed by atoms with Gasteiger partial charge in [-0.15, -0.1) is 0 Å². The summed E-state index contributed by atoms with van der Waals surface area (Å²) >= 11 is 0. The van der Waals surface area contributed by atoms with Gasteiger partial charge >= 0.3 is 11.7 Å². The molecule has 4 aliphatic carbocycles. The maximum Gasteiger partial charge on any atom is 0.441 e. The third kappa shape index (κ3) is 4.98. The molecule has 5 nitrogen and oxygen atoms in total. The molecule has 0 aromatic carbocycles. The number of ether oxygens (including phenoxy) is 1. The molecule has 36 heavy (non-hydrogen) atoms. The molecular weight excluding hydrogens is 448 g/mol. The number of carbonyl (C=O) groups is 2. The number of esters is 1. The van der Waals surface area contributed by atoms with E-state index in [4.69, 9.17) is 10.3 Å². The molecule has 0 saturated heterocycles. The highest BCUT2D eigenvalue weighted by Gasteiger charge is 2.60. The molecule has 0 unspecified atom stereocenters. The van der Waals surface area contributed by atoms with Gasteiger partial charge in [-0.05, 0) is 110 Å². The molecular formula is C31H50N2O3. The van der Waals surface area contributed by atoms with Crippen molar-refractivity contribution in [2.24, 2.45) is 52.3 Å². The lowest BCUT2D eigenvalue weighted by molar-refractivity contribution is -0.160. The van der Waals surface area contributed by atoms with Crippen molar-refractivity contribution in [3.05, 3.63) is 5.53 Å². The summed E-state index contributed by atoms with van der Waals surface area (Å²) < 4.78 is 5.66. The Morgan fingerprint density at radius 2 is 1.64 bits per heavy atom. The minimum absolute atomic E-state index is 0.181. The van der Waals surface area contributed by atoms with Crippen molar-refractivity contribution in [1.82, 2.24) is 0 Å². The summed E-state index contributed by atoms with van der Waals surface area (Å²) in [6.45, 7) is 13.7. The fourth-order valence-electron chi connectivity index (χ4n) is 9.81. The summed E-state index contributed by atoms with van der Waals surface area (Å²) in [7, 11) is 0. The summed E-state index contributed by atoms with van der Waals surface area (Å²) in [6, 6.07) is 0. The smallest absolute Gasteiger partial charge is 0.441 e. The molecule has 4 fully saturated rings. The Hall–Kier alpha value is -1.48. The van der Waals surface area contributed by atoms with E-state index in [2.05, 4.69) is 39.4 Å². The summed E-state index contributed by atoms with van der Waals surface area (Å²) in [6.07, 6.45) is 14.9. The molecule has 5 heteroatoms. The number of fused-ring (bicyclic) bond motifs is 5. The van der Waals surface area contributed by atoms with E-state index >= 15 is 0 Å².